The number of carbonyl (C=O) groups excluding carboxylic acids is 1. The molecule has 0 unspecified atom stereocenters. The molecule has 0 spiro atoms. The average molecular weight is 560 g/mol. The number of hydrogen-bond donors (Lipinski definition) is 0. The number of ether oxygens (including phenoxy) is 2. The Kier molecular flexibility index (Phi) is 8.09. The summed E-state index contributed by atoms with van der Waals surface area (Å²) in [7, 11) is 0.827. The molecule has 10 heteroatoms. The lowest BCUT2D eigenvalue weighted by atomic mass is 9.74. The largest absolute Gasteiger partial charge is 0.495 e. The van der Waals surface area contributed by atoms with Gasteiger partial charge in [0.05, 0.1) is 52.9 Å². The van der Waals surface area contributed by atoms with Gasteiger partial charge in [-0.25, -0.2) is 14.8 Å². The molecule has 2 aliphatic rings. The first-order valence-electron chi connectivity index (χ1n) is 12.4. The Bertz CT molecular complexity index is 1100. The van der Waals surface area contributed by atoms with Gasteiger partial charge in [0.2, 0.25) is 5.95 Å². The van der Waals surface area contributed by atoms with Gasteiger partial charge in [-0.15, -0.1) is 0 Å². The number of carbonyl (C=O) groups is 1. The van der Waals surface area contributed by atoms with E-state index in [1.807, 2.05) is 46.8 Å². The Morgan fingerprint density at radius 3 is 2.42 bits per heavy atom. The Balaban J connectivity index is 1.54. The number of morpholine rings is 1. The highest BCUT2D eigenvalue weighted by Gasteiger charge is 2.52. The van der Waals surface area contributed by atoms with Crippen LogP contribution in [-0.2, 0) is 31.6 Å². The van der Waals surface area contributed by atoms with E-state index in [1.54, 1.807) is 6.07 Å². The van der Waals surface area contributed by atoms with Gasteiger partial charge in [0.1, 0.15) is 0 Å². The molecule has 1 aromatic carbocycles. The molecule has 2 aliphatic heterocycles. The maximum atomic E-state index is 12.2. The molecule has 0 radical (unpaired) electrons. The summed E-state index contributed by atoms with van der Waals surface area (Å²) in [5, 5.41) is 0. The van der Waals surface area contributed by atoms with E-state index in [4.69, 9.17) is 23.8 Å². The number of benzene rings is 1. The van der Waals surface area contributed by atoms with E-state index in [9.17, 15) is 4.79 Å². The number of anilines is 1. The number of aryl methyl sites for hydroxylation is 3. The Labute approximate surface area is 222 Å². The molecular formula is C26H35BBrN3O5. The van der Waals surface area contributed by atoms with Crippen LogP contribution < -0.4 is 10.4 Å². The zero-order chi connectivity index (χ0) is 26.1. The Morgan fingerprint density at radius 1 is 1.11 bits per heavy atom. The van der Waals surface area contributed by atoms with Crippen LogP contribution in [0.2, 0.25) is 0 Å². The van der Waals surface area contributed by atoms with Crippen LogP contribution in [-0.4, -0.2) is 67.7 Å². The minimum Gasteiger partial charge on any atom is -0.465 e. The second-order valence-corrected chi connectivity index (χ2v) is 11.1. The molecule has 0 N–H and O–H groups in total. The maximum Gasteiger partial charge on any atom is 0.495 e. The van der Waals surface area contributed by atoms with Crippen LogP contribution in [0.5, 0.6) is 0 Å². The van der Waals surface area contributed by atoms with E-state index in [1.165, 1.54) is 7.11 Å². The van der Waals surface area contributed by atoms with Gasteiger partial charge in [0.15, 0.2) is 0 Å². The lowest BCUT2D eigenvalue weighted by Crippen LogP contribution is -2.41. The Morgan fingerprint density at radius 2 is 1.78 bits per heavy atom. The summed E-state index contributed by atoms with van der Waals surface area (Å²) in [5.74, 6) is 0.379. The van der Waals surface area contributed by atoms with Crippen molar-refractivity contribution in [2.24, 2.45) is 0 Å². The first kappa shape index (κ1) is 27.0. The smallest absolute Gasteiger partial charge is 0.465 e. The van der Waals surface area contributed by atoms with Gasteiger partial charge < -0.3 is 23.7 Å². The number of aromatic nitrogens is 2. The van der Waals surface area contributed by atoms with E-state index in [2.05, 4.69) is 25.8 Å². The summed E-state index contributed by atoms with van der Waals surface area (Å²) in [6.07, 6.45) is 2.42. The van der Waals surface area contributed by atoms with Crippen molar-refractivity contribution >= 4 is 40.4 Å². The normalized spacial score (nSPS) is 19.0. The number of nitrogens with zero attached hydrogens (tertiary/aromatic N) is 3. The van der Waals surface area contributed by atoms with E-state index in [0.29, 0.717) is 18.8 Å². The fourth-order valence-corrected chi connectivity index (χ4v) is 4.75. The van der Waals surface area contributed by atoms with Crippen molar-refractivity contribution in [3.05, 3.63) is 45.2 Å². The summed E-state index contributed by atoms with van der Waals surface area (Å²) < 4.78 is 24.0. The average Bonchev–Trinajstić information content (AvgIpc) is 3.08. The molecule has 0 bridgehead atoms. The highest BCUT2D eigenvalue weighted by molar-refractivity contribution is 9.10. The number of halogens is 1. The molecule has 8 nitrogen and oxygen atoms in total. The molecule has 0 atom stereocenters. The van der Waals surface area contributed by atoms with Gasteiger partial charge in [0.25, 0.3) is 0 Å². The van der Waals surface area contributed by atoms with Gasteiger partial charge in [-0.2, -0.15) is 0 Å². The van der Waals surface area contributed by atoms with Crippen molar-refractivity contribution in [3.8, 4) is 0 Å². The number of rotatable bonds is 7. The molecule has 2 aromatic rings. The molecule has 36 heavy (non-hydrogen) atoms. The summed E-state index contributed by atoms with van der Waals surface area (Å²) in [6.45, 7) is 13.1. The summed E-state index contributed by atoms with van der Waals surface area (Å²) >= 11 is 3.69. The minimum absolute atomic E-state index is 0.379. The zero-order valence-electron chi connectivity index (χ0n) is 22.0. The minimum atomic E-state index is -0.560. The molecule has 194 valence electrons. The topological polar surface area (TPSA) is 83.0 Å². The first-order chi connectivity index (χ1) is 17.0. The number of methoxy groups -OCH3 is 1. The predicted octanol–water partition coefficient (Wildman–Crippen LogP) is 3.65. The van der Waals surface area contributed by atoms with Gasteiger partial charge in [-0.05, 0) is 93.0 Å². The fourth-order valence-electron chi connectivity index (χ4n) is 4.38. The zero-order valence-corrected chi connectivity index (χ0v) is 23.6. The van der Waals surface area contributed by atoms with Crippen LogP contribution in [0.3, 0.4) is 0 Å². The second-order valence-electron chi connectivity index (χ2n) is 10.3. The molecule has 0 amide bonds. The third-order valence-electron chi connectivity index (χ3n) is 7.30. The lowest BCUT2D eigenvalue weighted by molar-refractivity contribution is 0.00578. The van der Waals surface area contributed by atoms with Crippen LogP contribution in [0.4, 0.5) is 5.95 Å². The van der Waals surface area contributed by atoms with E-state index < -0.39 is 18.3 Å². The number of esters is 1. The maximum absolute atomic E-state index is 12.2. The SMILES string of the molecule is COC(=O)c1ccc(CCCc2nc(N3CCOCC3)nc(C)c2Br)c(B2OC(C)(C)C(C)(C)O2)c1. The first-order valence-corrected chi connectivity index (χ1v) is 13.2. The van der Waals surface area contributed by atoms with Gasteiger partial charge in [0, 0.05) is 13.1 Å². The highest BCUT2D eigenvalue weighted by Crippen LogP contribution is 2.37. The van der Waals surface area contributed by atoms with Crippen molar-refractivity contribution in [3.63, 3.8) is 0 Å². The fraction of sp³-hybridized carbons (Fsp3) is 0.577. The van der Waals surface area contributed by atoms with Gasteiger partial charge >= 0.3 is 13.1 Å². The van der Waals surface area contributed by atoms with Crippen molar-refractivity contribution in [1.29, 1.82) is 0 Å². The van der Waals surface area contributed by atoms with Gasteiger partial charge in [-0.1, -0.05) is 6.07 Å². The standard InChI is InChI=1S/C26H35BBrN3O5/c1-17-22(28)21(30-24(29-17)31-12-14-34-15-13-31)9-7-8-18-10-11-19(23(32)33-6)16-20(18)27-35-25(2,3)26(4,5)36-27/h10-11,16H,7-9,12-15H2,1-6H3. The van der Waals surface area contributed by atoms with E-state index >= 15 is 0 Å². The van der Waals surface area contributed by atoms with Crippen molar-refractivity contribution in [2.45, 2.75) is 65.1 Å². The molecule has 0 aliphatic carbocycles. The predicted molar refractivity (Wildman–Crippen MR) is 143 cm³/mol. The lowest BCUT2D eigenvalue weighted by Gasteiger charge is -2.32. The van der Waals surface area contributed by atoms with Crippen molar-refractivity contribution in [2.75, 3.05) is 38.3 Å². The van der Waals surface area contributed by atoms with Crippen LogP contribution in [0, 0.1) is 6.92 Å². The van der Waals surface area contributed by atoms with E-state index in [-0.39, 0.29) is 5.97 Å². The van der Waals surface area contributed by atoms with Crippen molar-refractivity contribution in [1.82, 2.24) is 9.97 Å². The molecule has 0 saturated carbocycles. The third kappa shape index (κ3) is 5.61. The van der Waals surface area contributed by atoms with Crippen LogP contribution >= 0.6 is 15.9 Å². The molecule has 1 aromatic heterocycles. The molecule has 3 heterocycles. The van der Waals surface area contributed by atoms with Crippen LogP contribution in [0.25, 0.3) is 0 Å². The highest BCUT2D eigenvalue weighted by atomic mass is 79.9. The number of hydrogen-bond acceptors (Lipinski definition) is 8. The molecule has 4 rings (SSSR count). The molecular weight excluding hydrogens is 525 g/mol. The summed E-state index contributed by atoms with van der Waals surface area (Å²) in [4.78, 5) is 24.0. The second kappa shape index (κ2) is 10.8. The molecule has 2 saturated heterocycles. The summed E-state index contributed by atoms with van der Waals surface area (Å²) in [5.41, 5.74) is 3.40. The quantitative estimate of drug-likeness (QED) is 0.375. The van der Waals surface area contributed by atoms with Crippen LogP contribution in [0.15, 0.2) is 22.7 Å². The van der Waals surface area contributed by atoms with Crippen molar-refractivity contribution < 1.29 is 23.6 Å². The molecule has 2 fully saturated rings. The van der Waals surface area contributed by atoms with Crippen LogP contribution in [0.1, 0.15) is 61.4 Å². The van der Waals surface area contributed by atoms with Gasteiger partial charge in [-0.3, -0.25) is 0 Å². The van der Waals surface area contributed by atoms with E-state index in [0.717, 1.165) is 65.2 Å². The monoisotopic (exact) mass is 559 g/mol. The Hall–Kier alpha value is -2.01. The summed E-state index contributed by atoms with van der Waals surface area (Å²) in [6, 6.07) is 5.62. The third-order valence-corrected chi connectivity index (χ3v) is 8.33.